The van der Waals surface area contributed by atoms with Crippen LogP contribution >= 0.6 is 0 Å². The number of likely N-dealkylation sites (tertiary alicyclic amines) is 1. The summed E-state index contributed by atoms with van der Waals surface area (Å²) in [7, 11) is -1.33. The molecule has 0 aromatic heterocycles. The molecule has 2 aliphatic carbocycles. The predicted octanol–water partition coefficient (Wildman–Crippen LogP) is -2.40. The van der Waals surface area contributed by atoms with Crippen molar-refractivity contribution in [1.29, 1.82) is 0 Å². The van der Waals surface area contributed by atoms with Crippen molar-refractivity contribution in [2.75, 3.05) is 20.7 Å². The summed E-state index contributed by atoms with van der Waals surface area (Å²) in [5.41, 5.74) is 1.40. The number of hydrogen-bond donors (Lipinski definition) is 1. The first-order chi connectivity index (χ1) is 12.2. The van der Waals surface area contributed by atoms with Gasteiger partial charge in [-0.1, -0.05) is 6.07 Å². The molecule has 1 aromatic carbocycles. The van der Waals surface area contributed by atoms with Crippen LogP contribution in [0, 0.1) is 5.92 Å². The molecule has 5 atom stereocenters. The largest absolute Gasteiger partial charge is 1.00 e. The average Bonchev–Trinajstić information content (AvgIpc) is 2.94. The van der Waals surface area contributed by atoms with Gasteiger partial charge >= 0.3 is 29.6 Å². The van der Waals surface area contributed by atoms with Crippen molar-refractivity contribution in [2.24, 2.45) is 5.92 Å². The maximum absolute atomic E-state index is 12.1. The van der Waals surface area contributed by atoms with Gasteiger partial charge in [0.05, 0.1) is 7.11 Å². The van der Waals surface area contributed by atoms with Crippen molar-refractivity contribution in [3.63, 3.8) is 0 Å². The van der Waals surface area contributed by atoms with E-state index >= 15 is 0 Å². The third-order valence-corrected chi connectivity index (χ3v) is 8.54. The van der Waals surface area contributed by atoms with Gasteiger partial charge in [-0.05, 0) is 56.8 Å². The second kappa shape index (κ2) is 6.08. The van der Waals surface area contributed by atoms with Gasteiger partial charge in [0.2, 0.25) is 0 Å². The minimum atomic E-state index is -4.96. The SMILES string of the molecule is COc1ccc2c3c1O[C@@H]1C(O)(S(=O)(=O)[O-])CC[C@H]4[C@@H](C2)N(C)CC[C@]314.[Na+]. The number of hydrogen-bond acceptors (Lipinski definition) is 7. The molecule has 1 saturated carbocycles. The Morgan fingerprint density at radius 1 is 1.37 bits per heavy atom. The smallest absolute Gasteiger partial charge is 0.746 e. The maximum atomic E-state index is 12.1. The summed E-state index contributed by atoms with van der Waals surface area (Å²) in [5, 5.41) is 11.0. The van der Waals surface area contributed by atoms with E-state index in [9.17, 15) is 18.1 Å². The van der Waals surface area contributed by atoms with Gasteiger partial charge in [0, 0.05) is 17.0 Å². The monoisotopic (exact) mass is 403 g/mol. The molecule has 142 valence electrons. The summed E-state index contributed by atoms with van der Waals surface area (Å²) >= 11 is 0. The molecule has 2 aliphatic heterocycles. The number of aliphatic hydroxyl groups is 1. The number of rotatable bonds is 2. The van der Waals surface area contributed by atoms with Crippen LogP contribution in [0.4, 0.5) is 0 Å². The normalized spacial score (nSPS) is 39.2. The van der Waals surface area contributed by atoms with Gasteiger partial charge in [-0.2, -0.15) is 0 Å². The molecule has 1 unspecified atom stereocenters. The first kappa shape index (κ1) is 19.9. The fraction of sp³-hybridized carbons (Fsp3) is 0.667. The molecule has 2 bridgehead atoms. The Morgan fingerprint density at radius 3 is 2.78 bits per heavy atom. The van der Waals surface area contributed by atoms with Gasteiger partial charge in [-0.15, -0.1) is 0 Å². The molecule has 1 saturated heterocycles. The van der Waals surface area contributed by atoms with Gasteiger partial charge < -0.3 is 24.0 Å². The van der Waals surface area contributed by atoms with Crippen LogP contribution in [0.1, 0.15) is 30.4 Å². The Bertz CT molecular complexity index is 907. The maximum Gasteiger partial charge on any atom is 1.00 e. The summed E-state index contributed by atoms with van der Waals surface area (Å²) < 4.78 is 47.7. The van der Waals surface area contributed by atoms with E-state index in [1.807, 2.05) is 12.1 Å². The van der Waals surface area contributed by atoms with Crippen LogP contribution in [0.25, 0.3) is 0 Å². The predicted molar refractivity (Wildman–Crippen MR) is 91.2 cm³/mol. The van der Waals surface area contributed by atoms with E-state index in [0.29, 0.717) is 24.3 Å². The minimum absolute atomic E-state index is 0. The van der Waals surface area contributed by atoms with Crippen LogP contribution in [-0.4, -0.2) is 60.8 Å². The zero-order valence-electron chi connectivity index (χ0n) is 15.8. The van der Waals surface area contributed by atoms with Crippen LogP contribution in [-0.2, 0) is 22.0 Å². The zero-order valence-corrected chi connectivity index (χ0v) is 18.6. The Labute approximate surface area is 181 Å². The van der Waals surface area contributed by atoms with E-state index < -0.39 is 26.6 Å². The molecule has 1 N–H and O–H groups in total. The van der Waals surface area contributed by atoms with Crippen molar-refractivity contribution in [2.45, 2.75) is 48.2 Å². The molecule has 2 fully saturated rings. The van der Waals surface area contributed by atoms with E-state index in [2.05, 4.69) is 11.9 Å². The van der Waals surface area contributed by atoms with Gasteiger partial charge in [-0.3, -0.25) is 0 Å². The molecule has 1 spiro atoms. The Kier molecular flexibility index (Phi) is 4.49. The molecule has 7 nitrogen and oxygen atoms in total. The summed E-state index contributed by atoms with van der Waals surface area (Å²) in [4.78, 5) is -0.100. The molecule has 1 aromatic rings. The Morgan fingerprint density at radius 2 is 2.11 bits per heavy atom. The Balaban J connectivity index is 0.00000180. The molecular formula is C18H22NNaO6S. The van der Waals surface area contributed by atoms with E-state index in [4.69, 9.17) is 9.47 Å². The summed E-state index contributed by atoms with van der Waals surface area (Å²) in [6.07, 6.45) is 0.820. The molecule has 9 heteroatoms. The third-order valence-electron chi connectivity index (χ3n) is 7.25. The third kappa shape index (κ3) is 2.26. The number of ether oxygens (including phenoxy) is 2. The van der Waals surface area contributed by atoms with Gasteiger partial charge in [0.25, 0.3) is 0 Å². The van der Waals surface area contributed by atoms with Crippen LogP contribution in [0.5, 0.6) is 11.5 Å². The standard InChI is InChI=1S/C18H23NO6S.Na/c1-19-8-7-17-11-5-6-18(20,26(21,22)23)16(17)25-15-13(24-2)4-3-10(14(15)17)9-12(11)19;/h3-4,11-12,16,20H,5-9H2,1-2H3,(H,21,22,23);/q;+1/p-1/t11-,12+,16-,17-,18?;/m0./s1. The van der Waals surface area contributed by atoms with Crippen molar-refractivity contribution in [3.8, 4) is 11.5 Å². The average molecular weight is 403 g/mol. The van der Waals surface area contributed by atoms with E-state index in [1.165, 1.54) is 7.11 Å². The number of piperidine rings is 1. The topological polar surface area (TPSA) is 99.1 Å². The van der Waals surface area contributed by atoms with Crippen LogP contribution < -0.4 is 39.0 Å². The number of nitrogens with zero attached hydrogens (tertiary/aromatic N) is 1. The number of benzene rings is 1. The first-order valence-corrected chi connectivity index (χ1v) is 10.4. The van der Waals surface area contributed by atoms with Gasteiger partial charge in [0.1, 0.15) is 10.1 Å². The van der Waals surface area contributed by atoms with Crippen molar-refractivity contribution in [1.82, 2.24) is 4.90 Å². The van der Waals surface area contributed by atoms with Crippen molar-refractivity contribution in [3.05, 3.63) is 23.3 Å². The minimum Gasteiger partial charge on any atom is -0.746 e. The molecular weight excluding hydrogens is 381 g/mol. The van der Waals surface area contributed by atoms with Gasteiger partial charge in [0.15, 0.2) is 22.5 Å². The van der Waals surface area contributed by atoms with Crippen LogP contribution in [0.15, 0.2) is 12.1 Å². The summed E-state index contributed by atoms with van der Waals surface area (Å²) in [6.45, 7) is 0.770. The number of methoxy groups -OCH3 is 1. The molecule has 5 rings (SSSR count). The fourth-order valence-corrected chi connectivity index (χ4v) is 7.02. The summed E-state index contributed by atoms with van der Waals surface area (Å²) in [6, 6.07) is 4.08. The molecule has 27 heavy (non-hydrogen) atoms. The molecule has 4 aliphatic rings. The Hall–Kier alpha value is -0.350. The zero-order chi connectivity index (χ0) is 18.5. The molecule has 0 amide bonds. The quantitative estimate of drug-likeness (QED) is 0.434. The number of likely N-dealkylation sites (N-methyl/N-ethyl adjacent to an activating group) is 1. The van der Waals surface area contributed by atoms with Crippen LogP contribution in [0.2, 0.25) is 0 Å². The molecule has 0 radical (unpaired) electrons. The van der Waals surface area contributed by atoms with Crippen LogP contribution in [0.3, 0.4) is 0 Å². The summed E-state index contributed by atoms with van der Waals surface area (Å²) in [5.74, 6) is 1.18. The van der Waals surface area contributed by atoms with E-state index in [1.54, 1.807) is 0 Å². The van der Waals surface area contributed by atoms with Crippen molar-refractivity contribution >= 4 is 10.1 Å². The van der Waals surface area contributed by atoms with Gasteiger partial charge in [-0.25, -0.2) is 8.42 Å². The second-order valence-electron chi connectivity index (χ2n) is 8.12. The second-order valence-corrected chi connectivity index (χ2v) is 9.73. The fourth-order valence-electron chi connectivity index (χ4n) is 6.13. The van der Waals surface area contributed by atoms with Crippen molar-refractivity contribution < 1.29 is 57.1 Å². The molecule has 2 heterocycles. The van der Waals surface area contributed by atoms with E-state index in [0.717, 1.165) is 24.1 Å². The first-order valence-electron chi connectivity index (χ1n) is 8.99. The van der Waals surface area contributed by atoms with E-state index in [-0.39, 0.29) is 47.9 Å².